The summed E-state index contributed by atoms with van der Waals surface area (Å²) in [5.74, 6) is -2.72. The largest absolute Gasteiger partial charge is 0.494 e. The molecule has 5 heterocycles. The van der Waals surface area contributed by atoms with Crippen LogP contribution in [0.4, 0.5) is 8.78 Å². The zero-order chi connectivity index (χ0) is 34.0. The van der Waals surface area contributed by atoms with Gasteiger partial charge in [-0.15, -0.1) is 0 Å². The van der Waals surface area contributed by atoms with E-state index in [9.17, 15) is 9.59 Å². The van der Waals surface area contributed by atoms with Gasteiger partial charge in [0.15, 0.2) is 5.82 Å². The molecule has 3 aliphatic rings. The molecule has 3 aromatic heterocycles. The van der Waals surface area contributed by atoms with Gasteiger partial charge in [-0.2, -0.15) is 0 Å². The number of hydrogen-bond acceptors (Lipinski definition) is 8. The molecule has 0 radical (unpaired) electrons. The Balaban J connectivity index is 1.31. The van der Waals surface area contributed by atoms with Crippen molar-refractivity contribution in [1.29, 1.82) is 0 Å². The van der Waals surface area contributed by atoms with Gasteiger partial charge in [-0.1, -0.05) is 0 Å². The first-order valence-corrected chi connectivity index (χ1v) is 16.4. The number of alkyl halides is 2. The zero-order valence-corrected chi connectivity index (χ0v) is 27.6. The predicted octanol–water partition coefficient (Wildman–Crippen LogP) is 3.94. The van der Waals surface area contributed by atoms with E-state index in [-0.39, 0.29) is 37.0 Å². The van der Waals surface area contributed by atoms with Crippen molar-refractivity contribution in [2.75, 3.05) is 33.9 Å². The van der Waals surface area contributed by atoms with Crippen LogP contribution in [0.15, 0.2) is 30.3 Å². The van der Waals surface area contributed by atoms with E-state index in [1.165, 1.54) is 11.7 Å². The molecule has 2 amide bonds. The molecule has 48 heavy (non-hydrogen) atoms. The quantitative estimate of drug-likeness (QED) is 0.335. The summed E-state index contributed by atoms with van der Waals surface area (Å²) in [6.07, 6.45) is 1.32. The Bertz CT molecular complexity index is 1900. The number of pyridine rings is 1. The van der Waals surface area contributed by atoms with Crippen LogP contribution in [0.25, 0.3) is 33.6 Å². The van der Waals surface area contributed by atoms with Crippen molar-refractivity contribution in [3.05, 3.63) is 41.6 Å². The second kappa shape index (κ2) is 12.1. The minimum Gasteiger partial charge on any atom is -0.494 e. The molecule has 1 saturated carbocycles. The second-order valence-electron chi connectivity index (χ2n) is 13.3. The number of amides is 2. The predicted molar refractivity (Wildman–Crippen MR) is 174 cm³/mol. The SMILES string of the molecule is COc1cc(C(=O)N2CC[C@@H](OC)[C@@H](N)C2)cc2nc(-c3cc4ccc5nc4n3CC(F)(F)CCCOC3(CC3)C(=O)N[C@@H]5C)n(C)c12. The Hall–Kier alpha value is -4.14. The van der Waals surface area contributed by atoms with Gasteiger partial charge >= 0.3 is 0 Å². The Morgan fingerprint density at radius 2 is 1.94 bits per heavy atom. The molecule has 4 aromatic rings. The van der Waals surface area contributed by atoms with Crippen molar-refractivity contribution in [3.8, 4) is 17.3 Å². The number of benzene rings is 1. The highest BCUT2D eigenvalue weighted by molar-refractivity contribution is 6.00. The van der Waals surface area contributed by atoms with Crippen molar-refractivity contribution in [2.45, 2.75) is 75.3 Å². The lowest BCUT2D eigenvalue weighted by Gasteiger charge is -2.36. The number of halogens is 2. The minimum absolute atomic E-state index is 0.0663. The van der Waals surface area contributed by atoms with Crippen LogP contribution in [-0.2, 0) is 27.9 Å². The first-order chi connectivity index (χ1) is 22.9. The van der Waals surface area contributed by atoms with Crippen molar-refractivity contribution < 1.29 is 32.6 Å². The summed E-state index contributed by atoms with van der Waals surface area (Å²) in [6.45, 7) is 2.11. The fourth-order valence-corrected chi connectivity index (χ4v) is 7.03. The minimum atomic E-state index is -3.10. The molecule has 14 heteroatoms. The first-order valence-electron chi connectivity index (χ1n) is 16.4. The lowest BCUT2D eigenvalue weighted by molar-refractivity contribution is -0.137. The number of nitrogens with one attached hydrogen (secondary N) is 1. The van der Waals surface area contributed by atoms with E-state index in [1.807, 2.05) is 13.0 Å². The highest BCUT2D eigenvalue weighted by Crippen LogP contribution is 2.41. The van der Waals surface area contributed by atoms with Crippen LogP contribution in [0.2, 0.25) is 0 Å². The van der Waals surface area contributed by atoms with Crippen molar-refractivity contribution in [3.63, 3.8) is 0 Å². The number of likely N-dealkylation sites (tertiary alicyclic amines) is 1. The van der Waals surface area contributed by atoms with Crippen molar-refractivity contribution in [2.24, 2.45) is 12.8 Å². The Morgan fingerprint density at radius 3 is 2.65 bits per heavy atom. The lowest BCUT2D eigenvalue weighted by atomic mass is 10.0. The molecular weight excluding hydrogens is 624 g/mol. The van der Waals surface area contributed by atoms with Crippen LogP contribution < -0.4 is 15.8 Å². The fourth-order valence-electron chi connectivity index (χ4n) is 7.03. The van der Waals surface area contributed by atoms with E-state index in [4.69, 9.17) is 29.9 Å². The van der Waals surface area contributed by atoms with Gasteiger partial charge in [0.25, 0.3) is 17.7 Å². The number of fused-ring (bicyclic) bond motifs is 2. The van der Waals surface area contributed by atoms with Gasteiger partial charge in [0.2, 0.25) is 0 Å². The Morgan fingerprint density at radius 1 is 1.15 bits per heavy atom. The van der Waals surface area contributed by atoms with Gasteiger partial charge in [0, 0.05) is 57.3 Å². The number of piperidine rings is 1. The van der Waals surface area contributed by atoms with Crippen molar-refractivity contribution >= 4 is 33.9 Å². The highest BCUT2D eigenvalue weighted by atomic mass is 19.3. The maximum Gasteiger partial charge on any atom is 0.265 e. The van der Waals surface area contributed by atoms with E-state index in [0.717, 1.165) is 0 Å². The average Bonchev–Trinajstić information content (AvgIpc) is 3.69. The number of nitrogens with zero attached hydrogens (tertiary/aromatic N) is 5. The zero-order valence-electron chi connectivity index (χ0n) is 27.6. The molecule has 1 spiro atoms. The van der Waals surface area contributed by atoms with Crippen molar-refractivity contribution in [1.82, 2.24) is 29.3 Å². The van der Waals surface area contributed by atoms with Gasteiger partial charge in [0.1, 0.15) is 22.5 Å². The molecule has 0 unspecified atom stereocenters. The van der Waals surface area contributed by atoms with Gasteiger partial charge in [-0.05, 0) is 62.9 Å². The third-order valence-electron chi connectivity index (χ3n) is 9.94. The van der Waals surface area contributed by atoms with Crippen LogP contribution in [0.3, 0.4) is 0 Å². The molecule has 1 saturated heterocycles. The molecule has 7 rings (SSSR count). The summed E-state index contributed by atoms with van der Waals surface area (Å²) < 4.78 is 51.8. The summed E-state index contributed by atoms with van der Waals surface area (Å²) in [5, 5.41) is 3.66. The number of carbonyl (C=O) groups is 2. The van der Waals surface area contributed by atoms with Gasteiger partial charge in [-0.3, -0.25) is 9.59 Å². The average molecular weight is 666 g/mol. The Kier molecular flexibility index (Phi) is 8.15. The number of hydrogen-bond donors (Lipinski definition) is 2. The first kappa shape index (κ1) is 32.4. The number of rotatable bonds is 4. The molecule has 3 N–H and O–H groups in total. The molecule has 2 aliphatic heterocycles. The van der Waals surface area contributed by atoms with Crippen LogP contribution in [0.1, 0.15) is 61.1 Å². The summed E-state index contributed by atoms with van der Waals surface area (Å²) in [7, 11) is 4.92. The third-order valence-corrected chi connectivity index (χ3v) is 9.94. The van der Waals surface area contributed by atoms with E-state index in [2.05, 4.69) is 5.32 Å². The molecule has 1 aromatic carbocycles. The van der Waals surface area contributed by atoms with Crippen LogP contribution >= 0.6 is 0 Å². The standard InChI is InChI=1S/C34H41F2N7O5/c1-19-23-7-6-20-15-25(43(29(20)39-23)18-34(35,36)9-5-13-48-33(10-11-33)32(45)38-19)30-40-24-14-21(16-27(47-4)28(24)41(30)2)31(44)42-12-8-26(46-3)22(37)17-42/h6-7,14-16,19,22,26H,5,8-13,17-18,37H2,1-4H3,(H,38,45)/t19-,22+,26-/m1/s1. The number of aromatic nitrogens is 4. The van der Waals surface area contributed by atoms with E-state index >= 15 is 8.78 Å². The van der Waals surface area contributed by atoms with Crippen LogP contribution in [-0.4, -0.2) is 93.4 Å². The summed E-state index contributed by atoms with van der Waals surface area (Å²) in [5.41, 5.74) is 8.15. The van der Waals surface area contributed by atoms with E-state index in [1.54, 1.807) is 47.9 Å². The molecule has 3 atom stereocenters. The number of carbonyl (C=O) groups excluding carboxylic acids is 2. The third kappa shape index (κ3) is 5.69. The van der Waals surface area contributed by atoms with Gasteiger partial charge in [0.05, 0.1) is 42.7 Å². The van der Waals surface area contributed by atoms with Gasteiger partial charge < -0.3 is 39.3 Å². The number of nitrogens with two attached hydrogens (primary N) is 1. The molecule has 2 bridgehead atoms. The molecule has 12 nitrogen and oxygen atoms in total. The molecular formula is C34H41F2N7O5. The maximum atomic E-state index is 15.7. The molecule has 2 fully saturated rings. The summed E-state index contributed by atoms with van der Waals surface area (Å²) >= 11 is 0. The fraction of sp³-hybridized carbons (Fsp3) is 0.529. The number of methoxy groups -OCH3 is 2. The normalized spacial score (nSPS) is 24.2. The molecule has 1 aliphatic carbocycles. The maximum absolute atomic E-state index is 15.7. The molecule has 256 valence electrons. The summed E-state index contributed by atoms with van der Waals surface area (Å²) in [4.78, 5) is 38.1. The Labute approximate surface area is 276 Å². The second-order valence-corrected chi connectivity index (χ2v) is 13.3. The number of ether oxygens (including phenoxy) is 3. The highest BCUT2D eigenvalue weighted by Gasteiger charge is 2.51. The van der Waals surface area contributed by atoms with Crippen LogP contribution in [0, 0.1) is 0 Å². The monoisotopic (exact) mass is 665 g/mol. The van der Waals surface area contributed by atoms with E-state index < -0.39 is 30.5 Å². The van der Waals surface area contributed by atoms with E-state index in [0.29, 0.717) is 82.9 Å². The smallest absolute Gasteiger partial charge is 0.265 e. The van der Waals surface area contributed by atoms with Crippen LogP contribution in [0.5, 0.6) is 5.75 Å². The van der Waals surface area contributed by atoms with Gasteiger partial charge in [-0.25, -0.2) is 18.7 Å². The topological polar surface area (TPSA) is 139 Å². The lowest BCUT2D eigenvalue weighted by Crippen LogP contribution is -2.53. The summed E-state index contributed by atoms with van der Waals surface area (Å²) in [6, 6.07) is 8.02. The number of imidazole rings is 1. The number of aryl methyl sites for hydroxylation is 1.